The lowest BCUT2D eigenvalue weighted by atomic mass is 9.47. The third-order valence-corrected chi connectivity index (χ3v) is 6.61. The van der Waals surface area contributed by atoms with Gasteiger partial charge in [0, 0.05) is 11.0 Å². The molecule has 4 aliphatic carbocycles. The number of carbonyl (C=O) groups is 1. The van der Waals surface area contributed by atoms with E-state index in [2.05, 4.69) is 11.0 Å². The fourth-order valence-electron chi connectivity index (χ4n) is 5.09. The first-order valence-electron chi connectivity index (χ1n) is 8.25. The molecule has 10 heteroatoms. The zero-order valence-electron chi connectivity index (χ0n) is 14.1. The third-order valence-electron chi connectivity index (χ3n) is 5.61. The van der Waals surface area contributed by atoms with Gasteiger partial charge in [-0.05, 0) is 63.2 Å². The number of hydrogen-bond donors (Lipinski definition) is 0. The molecule has 0 N–H and O–H groups in total. The highest BCUT2D eigenvalue weighted by Gasteiger charge is 2.60. The van der Waals surface area contributed by atoms with E-state index in [1.54, 1.807) is 0 Å². The lowest BCUT2D eigenvalue weighted by Gasteiger charge is -2.62. The minimum Gasteiger partial charge on any atom is -0.861 e. The predicted octanol–water partition coefficient (Wildman–Crippen LogP) is 2.05. The maximum absolute atomic E-state index is 12.6. The monoisotopic (exact) mass is 394 g/mol. The molecule has 0 aromatic heterocycles. The summed E-state index contributed by atoms with van der Waals surface area (Å²) < 4.78 is 68.5. The first-order chi connectivity index (χ1) is 11.8. The maximum Gasteiger partial charge on any atom is 0.518 e. The molecule has 0 aromatic carbocycles. The van der Waals surface area contributed by atoms with Gasteiger partial charge in [0.2, 0.25) is 0 Å². The summed E-state index contributed by atoms with van der Waals surface area (Å²) in [6.45, 7) is 5.00. The van der Waals surface area contributed by atoms with E-state index >= 15 is 0 Å². The minimum absolute atomic E-state index is 0.00172. The topological polar surface area (TPSA) is 95.9 Å². The quantitative estimate of drug-likeness (QED) is 0.315. The molecule has 146 valence electrons. The van der Waals surface area contributed by atoms with Gasteiger partial charge >= 0.3 is 21.5 Å². The standard InChI is InChI=1S/C16H20F3NO5S/c1-9(2)12(21)25-15-6-10-3-11(7-15)5-14(4-10,8-15)13(22)20-26(23,24)16(17,18)19/h10-11H,1,3-8H2,2H3,(H,20,22)/p-1. The van der Waals surface area contributed by atoms with E-state index in [0.29, 0.717) is 12.8 Å². The molecular formula is C16H19F3NO5S-. The number of nitrogens with zero attached hydrogens (tertiary/aromatic N) is 1. The van der Waals surface area contributed by atoms with E-state index < -0.39 is 38.4 Å². The van der Waals surface area contributed by atoms with Gasteiger partial charge in [-0.1, -0.05) is 6.58 Å². The van der Waals surface area contributed by atoms with Crippen LogP contribution in [0.5, 0.6) is 0 Å². The van der Waals surface area contributed by atoms with Crippen molar-refractivity contribution in [2.24, 2.45) is 21.6 Å². The van der Waals surface area contributed by atoms with Crippen molar-refractivity contribution in [3.63, 3.8) is 0 Å². The molecule has 4 saturated carbocycles. The van der Waals surface area contributed by atoms with Crippen molar-refractivity contribution in [2.45, 2.75) is 56.6 Å². The van der Waals surface area contributed by atoms with E-state index in [0.717, 1.165) is 6.42 Å². The zero-order valence-corrected chi connectivity index (χ0v) is 15.0. The smallest absolute Gasteiger partial charge is 0.518 e. The maximum atomic E-state index is 12.6. The Balaban J connectivity index is 1.95. The summed E-state index contributed by atoms with van der Waals surface area (Å²) in [7, 11) is -5.89. The molecule has 0 heterocycles. The second-order valence-electron chi connectivity index (χ2n) is 7.91. The van der Waals surface area contributed by atoms with Crippen molar-refractivity contribution in [2.75, 3.05) is 0 Å². The Bertz CT molecular complexity index is 772. The Morgan fingerprint density at radius 1 is 1.23 bits per heavy atom. The fourth-order valence-corrected chi connectivity index (χ4v) is 5.61. The average molecular weight is 394 g/mol. The number of sulfonamides is 1. The van der Waals surface area contributed by atoms with Crippen LogP contribution in [0.1, 0.15) is 45.4 Å². The number of ether oxygens (including phenoxy) is 1. The Hall–Kier alpha value is -1.58. The molecule has 6 nitrogen and oxygen atoms in total. The van der Waals surface area contributed by atoms with Crippen molar-refractivity contribution < 1.29 is 36.2 Å². The van der Waals surface area contributed by atoms with Crippen molar-refractivity contribution in [3.8, 4) is 0 Å². The highest BCUT2D eigenvalue weighted by molar-refractivity contribution is 7.91. The number of hydrogen-bond acceptors (Lipinski definition) is 5. The van der Waals surface area contributed by atoms with Gasteiger partial charge in [0.25, 0.3) is 0 Å². The van der Waals surface area contributed by atoms with E-state index in [1.165, 1.54) is 6.92 Å². The Morgan fingerprint density at radius 3 is 2.23 bits per heavy atom. The number of esters is 1. The molecule has 4 fully saturated rings. The first-order valence-corrected chi connectivity index (χ1v) is 9.69. The zero-order chi connectivity index (χ0) is 19.5. The molecular weight excluding hydrogens is 375 g/mol. The molecule has 0 radical (unpaired) electrons. The van der Waals surface area contributed by atoms with Crippen LogP contribution in [-0.2, 0) is 19.6 Å². The van der Waals surface area contributed by atoms with Gasteiger partial charge in [-0.25, -0.2) is 4.79 Å². The minimum atomic E-state index is -5.89. The van der Waals surface area contributed by atoms with E-state index in [4.69, 9.17) is 4.74 Å². The molecule has 4 bridgehead atoms. The number of rotatable bonds is 4. The van der Waals surface area contributed by atoms with Crippen LogP contribution in [0.3, 0.4) is 0 Å². The average Bonchev–Trinajstić information content (AvgIpc) is 2.43. The molecule has 0 aromatic rings. The summed E-state index contributed by atoms with van der Waals surface area (Å²) >= 11 is 0. The molecule has 26 heavy (non-hydrogen) atoms. The summed E-state index contributed by atoms with van der Waals surface area (Å²) in [6.07, 6.45) is 2.36. The number of alkyl halides is 3. The highest BCUT2D eigenvalue weighted by atomic mass is 32.2. The summed E-state index contributed by atoms with van der Waals surface area (Å²) in [5.74, 6) is -1.92. The molecule has 0 aliphatic heterocycles. The van der Waals surface area contributed by atoms with Crippen molar-refractivity contribution in [1.29, 1.82) is 0 Å². The largest absolute Gasteiger partial charge is 0.861 e. The van der Waals surface area contributed by atoms with Gasteiger partial charge in [0.15, 0.2) is 0 Å². The van der Waals surface area contributed by atoms with Gasteiger partial charge in [0.05, 0.1) is 0 Å². The molecule has 0 amide bonds. The van der Waals surface area contributed by atoms with Crippen molar-refractivity contribution in [3.05, 3.63) is 12.2 Å². The van der Waals surface area contributed by atoms with Crippen LogP contribution in [0, 0.1) is 17.3 Å². The van der Waals surface area contributed by atoms with Crippen LogP contribution in [0.2, 0.25) is 0 Å². The summed E-state index contributed by atoms with van der Waals surface area (Å²) in [4.78, 5) is 12.0. The Morgan fingerprint density at radius 2 is 1.77 bits per heavy atom. The van der Waals surface area contributed by atoms with Crippen LogP contribution >= 0.6 is 0 Å². The number of carbonyl (C=O) groups excluding carboxylic acids is 1. The van der Waals surface area contributed by atoms with E-state index in [9.17, 15) is 31.5 Å². The van der Waals surface area contributed by atoms with E-state index in [1.807, 2.05) is 0 Å². The first kappa shape index (κ1) is 19.2. The highest BCUT2D eigenvalue weighted by Crippen LogP contribution is 2.63. The van der Waals surface area contributed by atoms with E-state index in [-0.39, 0.29) is 36.7 Å². The van der Waals surface area contributed by atoms with Crippen LogP contribution in [-0.4, -0.2) is 31.4 Å². The molecule has 2 atom stereocenters. The Labute approximate surface area is 149 Å². The SMILES string of the molecule is C=C(C)C(=O)OC12CC3CC(C1)CC(/C([O-])=N/S(=O)(=O)C(F)(F)F)(C3)C2. The summed E-state index contributed by atoms with van der Waals surface area (Å²) in [6, 6.07) is 0. The number of halogens is 3. The second kappa shape index (κ2) is 5.71. The molecule has 4 aliphatic rings. The molecule has 2 unspecified atom stereocenters. The van der Waals surface area contributed by atoms with Crippen molar-refractivity contribution in [1.82, 2.24) is 0 Å². The lowest BCUT2D eigenvalue weighted by Crippen LogP contribution is -2.61. The molecule has 0 saturated heterocycles. The fraction of sp³-hybridized carbons (Fsp3) is 0.750. The van der Waals surface area contributed by atoms with Crippen LogP contribution in [0.25, 0.3) is 0 Å². The van der Waals surface area contributed by atoms with Gasteiger partial charge in [-0.3, -0.25) is 0 Å². The van der Waals surface area contributed by atoms with Crippen LogP contribution < -0.4 is 5.11 Å². The summed E-state index contributed by atoms with van der Waals surface area (Å²) in [5.41, 5.74) is -7.72. The predicted molar refractivity (Wildman–Crippen MR) is 83.2 cm³/mol. The lowest BCUT2D eigenvalue weighted by molar-refractivity contribution is -0.253. The van der Waals surface area contributed by atoms with Crippen LogP contribution in [0.15, 0.2) is 16.5 Å². The molecule has 4 rings (SSSR count). The Kier molecular flexibility index (Phi) is 4.21. The van der Waals surface area contributed by atoms with Gasteiger partial charge < -0.3 is 9.84 Å². The molecule has 0 spiro atoms. The summed E-state index contributed by atoms with van der Waals surface area (Å²) in [5, 5.41) is 12.5. The normalized spacial score (nSPS) is 36.8. The van der Waals surface area contributed by atoms with Crippen molar-refractivity contribution >= 4 is 21.9 Å². The third kappa shape index (κ3) is 3.12. The van der Waals surface area contributed by atoms with Crippen LogP contribution in [0.4, 0.5) is 13.2 Å². The second-order valence-corrected chi connectivity index (χ2v) is 9.51. The van der Waals surface area contributed by atoms with Gasteiger partial charge in [0.1, 0.15) is 5.60 Å². The van der Waals surface area contributed by atoms with Gasteiger partial charge in [-0.15, -0.1) is 0 Å². The van der Waals surface area contributed by atoms with Gasteiger partial charge in [-0.2, -0.15) is 26.0 Å².